The van der Waals surface area contributed by atoms with Crippen LogP contribution in [0.2, 0.25) is 0 Å². The van der Waals surface area contributed by atoms with Crippen molar-refractivity contribution in [2.45, 2.75) is 18.9 Å². The molecule has 0 amide bonds. The molecule has 0 aromatic heterocycles. The number of hydrogen-bond acceptors (Lipinski definition) is 4. The molecule has 1 aromatic carbocycles. The second-order valence-corrected chi connectivity index (χ2v) is 6.17. The molecule has 2 heterocycles. The number of rotatable bonds is 2. The fraction of sp³-hybridized carbons (Fsp3) is 0.625. The molecule has 20 heavy (non-hydrogen) atoms. The number of piperazine rings is 1. The van der Waals surface area contributed by atoms with Crippen molar-refractivity contribution in [2.75, 3.05) is 56.9 Å². The molecule has 1 atom stereocenters. The van der Waals surface area contributed by atoms with Gasteiger partial charge in [0, 0.05) is 56.7 Å². The van der Waals surface area contributed by atoms with E-state index in [1.807, 2.05) is 12.1 Å². The van der Waals surface area contributed by atoms with Crippen molar-refractivity contribution in [1.29, 1.82) is 0 Å². The minimum absolute atomic E-state index is 0.718. The van der Waals surface area contributed by atoms with Crippen LogP contribution in [0.4, 0.5) is 11.4 Å². The first-order chi connectivity index (χ1) is 9.72. The molecule has 0 spiro atoms. The molecule has 1 aromatic rings. The van der Waals surface area contributed by atoms with Crippen molar-refractivity contribution in [3.63, 3.8) is 0 Å². The predicted octanol–water partition coefficient (Wildman–Crippen LogP) is 1.48. The van der Waals surface area contributed by atoms with Gasteiger partial charge in [-0.25, -0.2) is 0 Å². The molecule has 0 saturated carbocycles. The highest BCUT2D eigenvalue weighted by atomic mass is 15.3. The number of hydrogen-bond donors (Lipinski definition) is 1. The SMILES string of the molecule is CN1CCN(C2CCCN(c3ccc(N)cc3)C2)CC1. The second kappa shape index (κ2) is 6.02. The maximum Gasteiger partial charge on any atom is 0.0368 e. The van der Waals surface area contributed by atoms with Crippen LogP contribution in [-0.2, 0) is 0 Å². The zero-order valence-electron chi connectivity index (χ0n) is 12.5. The Morgan fingerprint density at radius 1 is 1.00 bits per heavy atom. The van der Waals surface area contributed by atoms with E-state index in [1.54, 1.807) is 0 Å². The van der Waals surface area contributed by atoms with Crippen LogP contribution in [0.1, 0.15) is 12.8 Å². The average Bonchev–Trinajstić information content (AvgIpc) is 2.49. The quantitative estimate of drug-likeness (QED) is 0.829. The summed E-state index contributed by atoms with van der Waals surface area (Å²) in [5, 5.41) is 0. The topological polar surface area (TPSA) is 35.7 Å². The van der Waals surface area contributed by atoms with E-state index in [0.29, 0.717) is 0 Å². The molecular weight excluding hydrogens is 248 g/mol. The molecule has 4 nitrogen and oxygen atoms in total. The molecular formula is C16H26N4. The molecule has 2 aliphatic heterocycles. The van der Waals surface area contributed by atoms with Crippen LogP contribution in [0.3, 0.4) is 0 Å². The lowest BCUT2D eigenvalue weighted by molar-refractivity contribution is 0.102. The third kappa shape index (κ3) is 3.07. The summed E-state index contributed by atoms with van der Waals surface area (Å²) in [7, 11) is 2.22. The Kier molecular flexibility index (Phi) is 4.13. The third-order valence-electron chi connectivity index (χ3n) is 4.71. The minimum atomic E-state index is 0.718. The van der Waals surface area contributed by atoms with Crippen LogP contribution in [0.5, 0.6) is 0 Å². The summed E-state index contributed by atoms with van der Waals surface area (Å²) in [5.41, 5.74) is 7.95. The van der Waals surface area contributed by atoms with Gasteiger partial charge in [-0.3, -0.25) is 4.90 Å². The monoisotopic (exact) mass is 274 g/mol. The summed E-state index contributed by atoms with van der Waals surface area (Å²) in [6.07, 6.45) is 2.64. The molecule has 2 saturated heterocycles. The van der Waals surface area contributed by atoms with Gasteiger partial charge in [-0.2, -0.15) is 0 Å². The second-order valence-electron chi connectivity index (χ2n) is 6.17. The highest BCUT2D eigenvalue weighted by molar-refractivity contribution is 5.53. The number of nitrogens with two attached hydrogens (primary N) is 1. The molecule has 0 bridgehead atoms. The highest BCUT2D eigenvalue weighted by Gasteiger charge is 2.27. The Morgan fingerprint density at radius 3 is 2.40 bits per heavy atom. The van der Waals surface area contributed by atoms with E-state index in [2.05, 4.69) is 33.9 Å². The molecule has 2 N–H and O–H groups in total. The van der Waals surface area contributed by atoms with E-state index in [4.69, 9.17) is 5.73 Å². The van der Waals surface area contributed by atoms with Crippen LogP contribution in [-0.4, -0.2) is 62.2 Å². The number of nitrogen functional groups attached to an aromatic ring is 1. The standard InChI is InChI=1S/C16H26N4/c1-18-9-11-19(12-10-18)16-3-2-8-20(13-16)15-6-4-14(17)5-7-15/h4-7,16H,2-3,8-13,17H2,1H3. The summed E-state index contributed by atoms with van der Waals surface area (Å²) in [6, 6.07) is 9.04. The molecule has 4 heteroatoms. The largest absolute Gasteiger partial charge is 0.399 e. The summed E-state index contributed by atoms with van der Waals surface area (Å²) in [5.74, 6) is 0. The van der Waals surface area contributed by atoms with Crippen molar-refractivity contribution in [2.24, 2.45) is 0 Å². The van der Waals surface area contributed by atoms with Gasteiger partial charge >= 0.3 is 0 Å². The van der Waals surface area contributed by atoms with Crippen molar-refractivity contribution < 1.29 is 0 Å². The maximum absolute atomic E-state index is 5.78. The van der Waals surface area contributed by atoms with Crippen LogP contribution < -0.4 is 10.6 Å². The maximum atomic E-state index is 5.78. The molecule has 3 rings (SSSR count). The zero-order valence-corrected chi connectivity index (χ0v) is 12.5. The zero-order chi connectivity index (χ0) is 13.9. The van der Waals surface area contributed by atoms with Gasteiger partial charge in [0.1, 0.15) is 0 Å². The van der Waals surface area contributed by atoms with Gasteiger partial charge in [-0.05, 0) is 44.2 Å². The Labute approximate surface area is 122 Å². The van der Waals surface area contributed by atoms with E-state index in [1.165, 1.54) is 51.3 Å². The van der Waals surface area contributed by atoms with Gasteiger partial charge < -0.3 is 15.5 Å². The Balaban J connectivity index is 1.63. The van der Waals surface area contributed by atoms with Crippen LogP contribution in [0.25, 0.3) is 0 Å². The van der Waals surface area contributed by atoms with Crippen molar-refractivity contribution in [3.05, 3.63) is 24.3 Å². The average molecular weight is 274 g/mol. The first-order valence-electron chi connectivity index (χ1n) is 7.75. The molecule has 2 aliphatic rings. The van der Waals surface area contributed by atoms with Crippen molar-refractivity contribution in [3.8, 4) is 0 Å². The Hall–Kier alpha value is -1.26. The van der Waals surface area contributed by atoms with Gasteiger partial charge in [-0.15, -0.1) is 0 Å². The molecule has 1 unspecified atom stereocenters. The summed E-state index contributed by atoms with van der Waals surface area (Å²) in [4.78, 5) is 7.63. The van der Waals surface area contributed by atoms with Gasteiger partial charge in [-0.1, -0.05) is 0 Å². The van der Waals surface area contributed by atoms with Gasteiger partial charge in [0.2, 0.25) is 0 Å². The fourth-order valence-corrected chi connectivity index (χ4v) is 3.36. The first kappa shape index (κ1) is 13.7. The van der Waals surface area contributed by atoms with Crippen LogP contribution in [0, 0.1) is 0 Å². The summed E-state index contributed by atoms with van der Waals surface area (Å²) in [6.45, 7) is 7.19. The lowest BCUT2D eigenvalue weighted by Crippen LogP contribution is -2.54. The minimum Gasteiger partial charge on any atom is -0.399 e. The Bertz CT molecular complexity index is 423. The summed E-state index contributed by atoms with van der Waals surface area (Å²) < 4.78 is 0. The number of anilines is 2. The van der Waals surface area contributed by atoms with Gasteiger partial charge in [0.05, 0.1) is 0 Å². The fourth-order valence-electron chi connectivity index (χ4n) is 3.36. The highest BCUT2D eigenvalue weighted by Crippen LogP contribution is 2.23. The molecule has 2 fully saturated rings. The third-order valence-corrected chi connectivity index (χ3v) is 4.71. The molecule has 110 valence electrons. The van der Waals surface area contributed by atoms with Crippen LogP contribution in [0.15, 0.2) is 24.3 Å². The Morgan fingerprint density at radius 2 is 1.70 bits per heavy atom. The number of likely N-dealkylation sites (N-methyl/N-ethyl adjacent to an activating group) is 1. The smallest absolute Gasteiger partial charge is 0.0368 e. The van der Waals surface area contributed by atoms with E-state index in [-0.39, 0.29) is 0 Å². The lowest BCUT2D eigenvalue weighted by atomic mass is 10.0. The van der Waals surface area contributed by atoms with Crippen molar-refractivity contribution in [1.82, 2.24) is 9.80 Å². The van der Waals surface area contributed by atoms with Crippen molar-refractivity contribution >= 4 is 11.4 Å². The van der Waals surface area contributed by atoms with Crippen LogP contribution >= 0.6 is 0 Å². The van der Waals surface area contributed by atoms with Gasteiger partial charge in [0.25, 0.3) is 0 Å². The molecule has 0 aliphatic carbocycles. The van der Waals surface area contributed by atoms with E-state index in [9.17, 15) is 0 Å². The van der Waals surface area contributed by atoms with E-state index in [0.717, 1.165) is 18.3 Å². The lowest BCUT2D eigenvalue weighted by Gasteiger charge is -2.43. The number of benzene rings is 1. The normalized spacial score (nSPS) is 25.9. The first-order valence-corrected chi connectivity index (χ1v) is 7.75. The number of piperidine rings is 1. The summed E-state index contributed by atoms with van der Waals surface area (Å²) >= 11 is 0. The predicted molar refractivity (Wildman–Crippen MR) is 85.2 cm³/mol. The molecule has 0 radical (unpaired) electrons. The van der Waals surface area contributed by atoms with Gasteiger partial charge in [0.15, 0.2) is 0 Å². The number of nitrogens with zero attached hydrogens (tertiary/aromatic N) is 3. The van der Waals surface area contributed by atoms with E-state index >= 15 is 0 Å². The van der Waals surface area contributed by atoms with E-state index < -0.39 is 0 Å².